The van der Waals surface area contributed by atoms with E-state index in [4.69, 9.17) is 11.6 Å². The zero-order valence-electron chi connectivity index (χ0n) is 33.7. The van der Waals surface area contributed by atoms with Crippen LogP contribution >= 0.6 is 0 Å². The molecule has 0 saturated heterocycles. The Balaban J connectivity index is 1.17. The van der Waals surface area contributed by atoms with Gasteiger partial charge in [0.25, 0.3) is 0 Å². The molecule has 0 radical (unpaired) electrons. The second-order valence-corrected chi connectivity index (χ2v) is 15.1. The molecule has 0 atom stereocenters. The fourth-order valence-corrected chi connectivity index (χ4v) is 8.62. The first-order valence-electron chi connectivity index (χ1n) is 20.4. The Labute approximate surface area is 364 Å². The first-order chi connectivity index (χ1) is 31.7. The third kappa shape index (κ3) is 6.11. The highest BCUT2D eigenvalue weighted by Gasteiger charge is 2.22. The van der Waals surface area contributed by atoms with E-state index in [0.29, 0.717) is 29.0 Å². The van der Waals surface area contributed by atoms with Crippen molar-refractivity contribution in [1.29, 1.82) is 0 Å². The largest absolute Gasteiger partial charge is 0.307 e. The normalized spacial score (nSPS) is 11.4. The van der Waals surface area contributed by atoms with E-state index in [0.717, 1.165) is 88.4 Å². The van der Waals surface area contributed by atoms with Crippen LogP contribution in [0.15, 0.2) is 183 Å². The molecule has 0 amide bonds. The van der Waals surface area contributed by atoms with Crippen molar-refractivity contribution in [3.8, 4) is 68.1 Å². The van der Waals surface area contributed by atoms with E-state index in [2.05, 4.69) is 133 Å². The monoisotopic (exact) mass is 822 g/mol. The lowest BCUT2D eigenvalue weighted by atomic mass is 10.0. The highest BCUT2D eigenvalue weighted by Crippen LogP contribution is 2.42. The molecule has 12 heteroatoms. The third-order valence-corrected chi connectivity index (χ3v) is 11.5. The Morgan fingerprint density at radius 2 is 0.891 bits per heavy atom. The van der Waals surface area contributed by atoms with E-state index < -0.39 is 0 Å². The van der Waals surface area contributed by atoms with Crippen LogP contribution in [0.25, 0.3) is 117 Å². The maximum atomic E-state index is 8.00. The van der Waals surface area contributed by atoms with Crippen molar-refractivity contribution in [2.45, 2.75) is 0 Å². The van der Waals surface area contributed by atoms with Crippen LogP contribution in [0.5, 0.6) is 0 Å². The molecule has 5 aromatic carbocycles. The molecule has 0 fully saturated rings. The summed E-state index contributed by atoms with van der Waals surface area (Å²) in [6, 6.07) is 40.5. The number of rotatable bonds is 7. The Bertz CT molecular complexity index is 3590. The molecule has 298 valence electrons. The number of benzene rings is 5. The van der Waals surface area contributed by atoms with Crippen molar-refractivity contribution in [2.75, 3.05) is 0 Å². The van der Waals surface area contributed by atoms with E-state index in [1.807, 2.05) is 48.7 Å². The van der Waals surface area contributed by atoms with Crippen LogP contribution in [-0.2, 0) is 0 Å². The standard InChI is InChI=1S/C52H30N12/c1-53-37-7-2-6-32(24-37)42-29-49(64-46-27-35(51-58-18-4-19-59-51)10-14-40(46)41-15-11-36(28-47(41)64)52-60-20-5-21-61-52)62-31-48(42)63-44-25-33(43-30-54-22-23-55-43)8-12-38(44)39-13-9-34(26-45(39)63)50-56-16-3-17-57-50/h2-31H. The molecule has 0 N–H and O–H groups in total. The minimum absolute atomic E-state index is 0.523. The van der Waals surface area contributed by atoms with Gasteiger partial charge in [-0.3, -0.25) is 14.5 Å². The number of nitrogens with zero attached hydrogens (tertiary/aromatic N) is 12. The Hall–Kier alpha value is -9.34. The van der Waals surface area contributed by atoms with Gasteiger partial charge in [0.05, 0.1) is 52.4 Å². The quantitative estimate of drug-likeness (QED) is 0.144. The molecular weight excluding hydrogens is 793 g/mol. The van der Waals surface area contributed by atoms with Crippen LogP contribution in [-0.4, -0.2) is 54.0 Å². The molecule has 0 aliphatic heterocycles. The average molecular weight is 823 g/mol. The Morgan fingerprint density at radius 1 is 0.391 bits per heavy atom. The van der Waals surface area contributed by atoms with E-state index in [1.165, 1.54) is 0 Å². The molecule has 64 heavy (non-hydrogen) atoms. The summed E-state index contributed by atoms with van der Waals surface area (Å²) in [5.41, 5.74) is 11.0. The van der Waals surface area contributed by atoms with Gasteiger partial charge in [-0.25, -0.2) is 39.7 Å². The van der Waals surface area contributed by atoms with Gasteiger partial charge in [-0.1, -0.05) is 66.7 Å². The van der Waals surface area contributed by atoms with Gasteiger partial charge in [0, 0.05) is 98.9 Å². The lowest BCUT2D eigenvalue weighted by molar-refractivity contribution is 1.05. The molecule has 0 saturated carbocycles. The molecule has 12 nitrogen and oxygen atoms in total. The molecule has 0 bridgehead atoms. The van der Waals surface area contributed by atoms with Gasteiger partial charge in [0.15, 0.2) is 23.2 Å². The summed E-state index contributed by atoms with van der Waals surface area (Å²) in [5, 5.41) is 4.15. The molecule has 7 aromatic heterocycles. The Kier molecular flexibility index (Phi) is 8.55. The SMILES string of the molecule is [C-]#[N+]c1cccc(-c2cc(-n3c4cc(-c5ncccn5)ccc4c4ccc(-c5ncccn5)cc43)ncc2-n2c3cc(-c4cnccn4)ccc3c3ccc(-c4ncccn4)cc32)c1. The van der Waals surface area contributed by atoms with E-state index in [9.17, 15) is 0 Å². The van der Waals surface area contributed by atoms with Crippen molar-refractivity contribution >= 4 is 49.3 Å². The summed E-state index contributed by atoms with van der Waals surface area (Å²) in [6.07, 6.45) is 17.6. The summed E-state index contributed by atoms with van der Waals surface area (Å²) in [7, 11) is 0. The average Bonchev–Trinajstić information content (AvgIpc) is 3.88. The van der Waals surface area contributed by atoms with Crippen LogP contribution < -0.4 is 0 Å². The summed E-state index contributed by atoms with van der Waals surface area (Å²) in [6.45, 7) is 8.00. The van der Waals surface area contributed by atoms with E-state index >= 15 is 0 Å². The minimum atomic E-state index is 0.523. The number of hydrogen-bond donors (Lipinski definition) is 0. The zero-order chi connectivity index (χ0) is 42.6. The fraction of sp³-hybridized carbons (Fsp3) is 0. The van der Waals surface area contributed by atoms with Crippen LogP contribution in [0, 0.1) is 6.57 Å². The molecule has 12 rings (SSSR count). The fourth-order valence-electron chi connectivity index (χ4n) is 8.62. The highest BCUT2D eigenvalue weighted by molar-refractivity contribution is 6.12. The molecular formula is C52H30N12. The smallest absolute Gasteiger partial charge is 0.187 e. The summed E-state index contributed by atoms with van der Waals surface area (Å²) in [4.78, 5) is 45.7. The van der Waals surface area contributed by atoms with E-state index in [1.54, 1.807) is 55.8 Å². The van der Waals surface area contributed by atoms with Crippen molar-refractivity contribution in [3.05, 3.63) is 195 Å². The number of pyridine rings is 1. The summed E-state index contributed by atoms with van der Waals surface area (Å²) in [5.74, 6) is 2.52. The van der Waals surface area contributed by atoms with Gasteiger partial charge in [-0.05, 0) is 60.2 Å². The topological polar surface area (TPSA) is 130 Å². The molecule has 0 aliphatic rings. The van der Waals surface area contributed by atoms with Crippen molar-refractivity contribution in [3.63, 3.8) is 0 Å². The van der Waals surface area contributed by atoms with Crippen molar-refractivity contribution in [2.24, 2.45) is 0 Å². The zero-order valence-corrected chi connectivity index (χ0v) is 33.7. The predicted octanol–water partition coefficient (Wildman–Crippen LogP) is 11.3. The van der Waals surface area contributed by atoms with Gasteiger partial charge >= 0.3 is 0 Å². The van der Waals surface area contributed by atoms with Crippen LogP contribution in [0.1, 0.15) is 0 Å². The van der Waals surface area contributed by atoms with Crippen LogP contribution in [0.2, 0.25) is 0 Å². The van der Waals surface area contributed by atoms with Gasteiger partial charge in [0.2, 0.25) is 0 Å². The Morgan fingerprint density at radius 3 is 1.39 bits per heavy atom. The second-order valence-electron chi connectivity index (χ2n) is 15.1. The summed E-state index contributed by atoms with van der Waals surface area (Å²) >= 11 is 0. The lowest BCUT2D eigenvalue weighted by Gasteiger charge is -2.17. The second kappa shape index (κ2) is 15.0. The molecule has 12 aromatic rings. The van der Waals surface area contributed by atoms with Gasteiger partial charge in [-0.2, -0.15) is 0 Å². The van der Waals surface area contributed by atoms with Gasteiger partial charge in [0.1, 0.15) is 5.82 Å². The molecule has 0 spiro atoms. The first-order valence-corrected chi connectivity index (χ1v) is 20.4. The maximum Gasteiger partial charge on any atom is 0.187 e. The predicted molar refractivity (Wildman–Crippen MR) is 249 cm³/mol. The minimum Gasteiger partial charge on any atom is -0.307 e. The number of hydrogen-bond acceptors (Lipinski definition) is 9. The summed E-state index contributed by atoms with van der Waals surface area (Å²) < 4.78 is 4.42. The molecule has 0 aliphatic carbocycles. The third-order valence-electron chi connectivity index (χ3n) is 11.5. The molecule has 0 unspecified atom stereocenters. The van der Waals surface area contributed by atoms with Crippen LogP contribution in [0.4, 0.5) is 5.69 Å². The number of fused-ring (bicyclic) bond motifs is 6. The maximum absolute atomic E-state index is 8.00. The van der Waals surface area contributed by atoms with E-state index in [-0.39, 0.29) is 0 Å². The van der Waals surface area contributed by atoms with Crippen molar-refractivity contribution < 1.29 is 0 Å². The van der Waals surface area contributed by atoms with Gasteiger partial charge in [-0.15, -0.1) is 0 Å². The molecule has 7 heterocycles. The van der Waals surface area contributed by atoms with Crippen LogP contribution in [0.3, 0.4) is 0 Å². The lowest BCUT2D eigenvalue weighted by Crippen LogP contribution is -2.04. The first kappa shape index (κ1) is 36.5. The van der Waals surface area contributed by atoms with Gasteiger partial charge < -0.3 is 4.57 Å². The van der Waals surface area contributed by atoms with Crippen molar-refractivity contribution in [1.82, 2.24) is 54.0 Å². The number of aromatic nitrogens is 11. The highest BCUT2D eigenvalue weighted by atomic mass is 15.1.